The number of halogens is 2. The van der Waals surface area contributed by atoms with Crippen molar-refractivity contribution >= 4 is 34.6 Å². The Morgan fingerprint density at radius 2 is 1.66 bits per heavy atom. The van der Waals surface area contributed by atoms with Gasteiger partial charge < -0.3 is 11.5 Å². The van der Waals surface area contributed by atoms with E-state index in [1.807, 2.05) is 18.2 Å². The molecule has 0 amide bonds. The molecule has 0 radical (unpaired) electrons. The summed E-state index contributed by atoms with van der Waals surface area (Å²) in [6.45, 7) is 1.87. The third-order valence-electron chi connectivity index (χ3n) is 5.78. The summed E-state index contributed by atoms with van der Waals surface area (Å²) in [7, 11) is 0. The molecular weight excluding hydrogens is 452 g/mol. The van der Waals surface area contributed by atoms with Gasteiger partial charge >= 0.3 is 0 Å². The first-order chi connectivity index (χ1) is 16.8. The van der Waals surface area contributed by atoms with Crippen molar-refractivity contribution in [2.75, 3.05) is 11.5 Å². The molecule has 35 heavy (non-hydrogen) atoms. The largest absolute Gasteiger partial charge is 0.382 e. The quantitative estimate of drug-likeness (QED) is 0.502. The van der Waals surface area contributed by atoms with E-state index in [-0.39, 0.29) is 41.9 Å². The van der Waals surface area contributed by atoms with E-state index in [9.17, 15) is 8.78 Å². The molecular formula is C24H21F2N9. The molecule has 1 unspecified atom stereocenters. The second-order valence-corrected chi connectivity index (χ2v) is 8.34. The number of aromatic nitrogens is 2. The molecule has 0 bridgehead atoms. The molecule has 0 saturated carbocycles. The van der Waals surface area contributed by atoms with Gasteiger partial charge in [-0.25, -0.2) is 28.8 Å². The van der Waals surface area contributed by atoms with Gasteiger partial charge in [-0.1, -0.05) is 36.4 Å². The topological polar surface area (TPSA) is 130 Å². The van der Waals surface area contributed by atoms with Crippen LogP contribution in [-0.2, 0) is 6.54 Å². The molecule has 176 valence electrons. The van der Waals surface area contributed by atoms with E-state index in [2.05, 4.69) is 30.3 Å². The number of hydrazone groups is 1. The number of nitrogen functional groups attached to an aromatic ring is 2. The van der Waals surface area contributed by atoms with Crippen LogP contribution in [0.15, 0.2) is 86.9 Å². The monoisotopic (exact) mass is 473 g/mol. The molecule has 2 aliphatic rings. The SMILES string of the molecule is CC12CC(F)=CN=C1N(Cc1ccccc1F)N=C2c1nc(N)c(/N=N/c2ccccc2)c(N)n1. The Morgan fingerprint density at radius 3 is 2.37 bits per heavy atom. The Balaban J connectivity index is 1.53. The van der Waals surface area contributed by atoms with Crippen LogP contribution in [0.4, 0.5) is 31.8 Å². The zero-order chi connectivity index (χ0) is 24.6. The average Bonchev–Trinajstić information content (AvgIpc) is 3.11. The molecule has 2 aliphatic heterocycles. The summed E-state index contributed by atoms with van der Waals surface area (Å²) in [6, 6.07) is 15.4. The van der Waals surface area contributed by atoms with Crippen LogP contribution in [0.1, 0.15) is 24.7 Å². The van der Waals surface area contributed by atoms with Crippen molar-refractivity contribution in [2.24, 2.45) is 25.7 Å². The van der Waals surface area contributed by atoms with Gasteiger partial charge in [0, 0.05) is 12.0 Å². The van der Waals surface area contributed by atoms with Gasteiger partial charge in [-0.3, -0.25) is 0 Å². The van der Waals surface area contributed by atoms with Crippen LogP contribution in [0.25, 0.3) is 0 Å². The van der Waals surface area contributed by atoms with Gasteiger partial charge in [0.2, 0.25) is 0 Å². The number of anilines is 2. The number of azo groups is 1. The molecule has 0 aliphatic carbocycles. The maximum Gasteiger partial charge on any atom is 0.181 e. The highest BCUT2D eigenvalue weighted by Gasteiger charge is 2.49. The van der Waals surface area contributed by atoms with Gasteiger partial charge in [-0.05, 0) is 25.1 Å². The molecule has 4 N–H and O–H groups in total. The van der Waals surface area contributed by atoms with Gasteiger partial charge in [0.1, 0.15) is 23.2 Å². The summed E-state index contributed by atoms with van der Waals surface area (Å²) in [5, 5.41) is 14.4. The van der Waals surface area contributed by atoms with Gasteiger partial charge in [0.05, 0.1) is 23.8 Å². The zero-order valence-electron chi connectivity index (χ0n) is 18.7. The minimum absolute atomic E-state index is 0.00338. The number of nitrogens with two attached hydrogens (primary N) is 2. The molecule has 3 heterocycles. The summed E-state index contributed by atoms with van der Waals surface area (Å²) in [5.41, 5.74) is 12.8. The van der Waals surface area contributed by atoms with Crippen molar-refractivity contribution in [1.82, 2.24) is 15.0 Å². The van der Waals surface area contributed by atoms with Crippen molar-refractivity contribution in [3.05, 3.63) is 83.8 Å². The van der Waals surface area contributed by atoms with Crippen molar-refractivity contribution in [1.29, 1.82) is 0 Å². The number of aliphatic imine (C=N–C) groups is 1. The Morgan fingerprint density at radius 1 is 0.971 bits per heavy atom. The Bertz CT molecular complexity index is 1390. The molecule has 0 saturated heterocycles. The van der Waals surface area contributed by atoms with Crippen molar-refractivity contribution in [2.45, 2.75) is 19.9 Å². The van der Waals surface area contributed by atoms with E-state index >= 15 is 0 Å². The Labute approximate surface area is 199 Å². The summed E-state index contributed by atoms with van der Waals surface area (Å²) in [4.78, 5) is 13.0. The standard InChI is InChI=1S/C24H21F2N9/c1-24-11-15(25)12-29-23(24)35(13-14-7-5-6-10-17(14)26)34-19(24)22-30-20(27)18(21(28)31-22)33-32-16-8-3-2-4-9-16/h2-10,12H,11,13H2,1H3,(H4,27,28,30,31)/b33-32+. The van der Waals surface area contributed by atoms with E-state index in [0.717, 1.165) is 6.20 Å². The molecule has 0 spiro atoms. The minimum Gasteiger partial charge on any atom is -0.382 e. The maximum atomic E-state index is 14.4. The molecule has 0 fully saturated rings. The number of amidine groups is 1. The van der Waals surface area contributed by atoms with Crippen molar-refractivity contribution in [3.8, 4) is 0 Å². The number of hydrogen-bond donors (Lipinski definition) is 2. The Kier molecular flexibility index (Phi) is 5.51. The van der Waals surface area contributed by atoms with Crippen LogP contribution >= 0.6 is 0 Å². The van der Waals surface area contributed by atoms with E-state index in [1.54, 1.807) is 37.3 Å². The molecule has 5 rings (SSSR count). The lowest BCUT2D eigenvalue weighted by atomic mass is 9.79. The number of hydrogen-bond acceptors (Lipinski definition) is 9. The molecule has 1 atom stereocenters. The van der Waals surface area contributed by atoms with Crippen LogP contribution in [0.5, 0.6) is 0 Å². The summed E-state index contributed by atoms with van der Waals surface area (Å²) in [6.07, 6.45) is 1.12. The third-order valence-corrected chi connectivity index (χ3v) is 5.78. The second kappa shape index (κ2) is 8.67. The first kappa shape index (κ1) is 22.3. The minimum atomic E-state index is -1.00. The maximum absolute atomic E-state index is 14.4. The highest BCUT2D eigenvalue weighted by molar-refractivity contribution is 6.20. The number of nitrogens with zero attached hydrogens (tertiary/aromatic N) is 7. The van der Waals surface area contributed by atoms with Crippen LogP contribution in [-0.4, -0.2) is 26.5 Å². The predicted molar refractivity (Wildman–Crippen MR) is 129 cm³/mol. The van der Waals surface area contributed by atoms with E-state index in [4.69, 9.17) is 11.5 Å². The number of rotatable bonds is 5. The lowest BCUT2D eigenvalue weighted by Gasteiger charge is -2.29. The first-order valence-electron chi connectivity index (χ1n) is 10.8. The van der Waals surface area contributed by atoms with Crippen molar-refractivity contribution in [3.63, 3.8) is 0 Å². The fraction of sp³-hybridized carbons (Fsp3) is 0.167. The Hall–Kier alpha value is -4.54. The van der Waals surface area contributed by atoms with Gasteiger partial charge in [0.25, 0.3) is 0 Å². The van der Waals surface area contributed by atoms with Crippen LogP contribution in [0.3, 0.4) is 0 Å². The first-order valence-corrected chi connectivity index (χ1v) is 10.8. The highest BCUT2D eigenvalue weighted by atomic mass is 19.1. The molecule has 1 aromatic heterocycles. The average molecular weight is 473 g/mol. The predicted octanol–water partition coefficient (Wildman–Crippen LogP) is 5.03. The van der Waals surface area contributed by atoms with Gasteiger partial charge in [0.15, 0.2) is 23.1 Å². The lowest BCUT2D eigenvalue weighted by molar-refractivity contribution is 0.406. The van der Waals surface area contributed by atoms with Crippen LogP contribution in [0.2, 0.25) is 0 Å². The van der Waals surface area contributed by atoms with E-state index in [0.29, 0.717) is 22.8 Å². The van der Waals surface area contributed by atoms with E-state index < -0.39 is 11.2 Å². The fourth-order valence-corrected chi connectivity index (χ4v) is 4.05. The number of benzene rings is 2. The highest BCUT2D eigenvalue weighted by Crippen LogP contribution is 2.42. The summed E-state index contributed by atoms with van der Waals surface area (Å²) >= 11 is 0. The smallest absolute Gasteiger partial charge is 0.181 e. The number of allylic oxidation sites excluding steroid dienone is 1. The fourth-order valence-electron chi connectivity index (χ4n) is 4.05. The van der Waals surface area contributed by atoms with Crippen LogP contribution in [0, 0.1) is 11.2 Å². The molecule has 11 heteroatoms. The third kappa shape index (κ3) is 4.12. The summed E-state index contributed by atoms with van der Waals surface area (Å²) in [5.74, 6) is -0.252. The normalized spacial score (nSPS) is 19.4. The van der Waals surface area contributed by atoms with Gasteiger partial charge in [-0.15, -0.1) is 5.11 Å². The van der Waals surface area contributed by atoms with E-state index in [1.165, 1.54) is 11.1 Å². The molecule has 9 nitrogen and oxygen atoms in total. The number of fused-ring (bicyclic) bond motifs is 1. The van der Waals surface area contributed by atoms with Crippen molar-refractivity contribution < 1.29 is 8.78 Å². The lowest BCUT2D eigenvalue weighted by Crippen LogP contribution is -2.39. The molecule has 2 aromatic carbocycles. The second-order valence-electron chi connectivity index (χ2n) is 8.34. The zero-order valence-corrected chi connectivity index (χ0v) is 18.7. The summed E-state index contributed by atoms with van der Waals surface area (Å²) < 4.78 is 28.7. The van der Waals surface area contributed by atoms with Crippen LogP contribution < -0.4 is 11.5 Å². The molecule has 3 aromatic rings. The van der Waals surface area contributed by atoms with Gasteiger partial charge in [-0.2, -0.15) is 10.2 Å².